The number of carbonyl (C=O) groups excluding carboxylic acids is 3. The van der Waals surface area contributed by atoms with Gasteiger partial charge in [0.25, 0.3) is 0 Å². The maximum absolute atomic E-state index is 11.7. The normalized spacial score (nSPS) is 10.6. The third-order valence-electron chi connectivity index (χ3n) is 2.79. The third kappa shape index (κ3) is 7.11. The molecule has 0 unspecified atom stereocenters. The van der Waals surface area contributed by atoms with E-state index in [0.29, 0.717) is 0 Å². The Bertz CT molecular complexity index is 600. The Morgan fingerprint density at radius 1 is 0.960 bits per heavy atom. The molecule has 0 fully saturated rings. The number of rotatable bonds is 6. The number of hydrogen-bond acceptors (Lipinski definition) is 7. The van der Waals surface area contributed by atoms with Crippen molar-refractivity contribution in [2.45, 2.75) is 26.4 Å². The number of carbonyl (C=O) groups is 3. The lowest BCUT2D eigenvalue weighted by atomic mass is 10.1. The van der Waals surface area contributed by atoms with Crippen LogP contribution in [-0.4, -0.2) is 51.0 Å². The molecule has 0 aromatic heterocycles. The number of benzene rings is 1. The van der Waals surface area contributed by atoms with E-state index < -0.39 is 23.6 Å². The van der Waals surface area contributed by atoms with Crippen molar-refractivity contribution >= 4 is 18.0 Å². The number of hydrogen-bond donors (Lipinski definition) is 1. The van der Waals surface area contributed by atoms with Crippen LogP contribution in [0.5, 0.6) is 5.75 Å². The summed E-state index contributed by atoms with van der Waals surface area (Å²) in [5.74, 6) is -0.945. The van der Waals surface area contributed by atoms with Gasteiger partial charge in [-0.1, -0.05) is 0 Å². The fraction of sp³-hybridized carbons (Fsp3) is 0.471. The zero-order chi connectivity index (χ0) is 19.0. The zero-order valence-corrected chi connectivity index (χ0v) is 15.0. The Morgan fingerprint density at radius 3 is 1.92 bits per heavy atom. The van der Waals surface area contributed by atoms with Crippen molar-refractivity contribution in [1.82, 2.24) is 5.32 Å². The van der Waals surface area contributed by atoms with Crippen LogP contribution >= 0.6 is 0 Å². The molecule has 1 rings (SSSR count). The predicted octanol–water partition coefficient (Wildman–Crippen LogP) is 2.16. The van der Waals surface area contributed by atoms with Crippen molar-refractivity contribution in [1.29, 1.82) is 0 Å². The summed E-state index contributed by atoms with van der Waals surface area (Å²) in [6, 6.07) is 4.22. The first kappa shape index (κ1) is 20.3. The molecule has 0 radical (unpaired) electrons. The number of methoxy groups -OCH3 is 2. The molecule has 138 valence electrons. The lowest BCUT2D eigenvalue weighted by molar-refractivity contribution is 0.0519. The summed E-state index contributed by atoms with van der Waals surface area (Å²) in [4.78, 5) is 34.9. The predicted molar refractivity (Wildman–Crippen MR) is 88.9 cm³/mol. The highest BCUT2D eigenvalue weighted by Gasteiger charge is 2.16. The Labute approximate surface area is 146 Å². The molecule has 0 saturated heterocycles. The summed E-state index contributed by atoms with van der Waals surface area (Å²) in [5.41, 5.74) is -0.282. The maximum atomic E-state index is 11.7. The van der Waals surface area contributed by atoms with E-state index in [4.69, 9.17) is 9.47 Å². The van der Waals surface area contributed by atoms with Crippen LogP contribution in [0.25, 0.3) is 0 Å². The summed E-state index contributed by atoms with van der Waals surface area (Å²) in [5, 5.41) is 2.54. The number of amides is 1. The van der Waals surface area contributed by atoms with E-state index in [9.17, 15) is 14.4 Å². The maximum Gasteiger partial charge on any atom is 0.407 e. The minimum atomic E-state index is -0.609. The van der Waals surface area contributed by atoms with E-state index in [2.05, 4.69) is 14.8 Å². The monoisotopic (exact) mass is 353 g/mol. The molecule has 8 nitrogen and oxygen atoms in total. The van der Waals surface area contributed by atoms with Crippen molar-refractivity contribution in [3.05, 3.63) is 29.3 Å². The smallest absolute Gasteiger partial charge is 0.407 e. The van der Waals surface area contributed by atoms with E-state index in [1.54, 1.807) is 20.8 Å². The van der Waals surface area contributed by atoms with E-state index >= 15 is 0 Å². The van der Waals surface area contributed by atoms with Crippen LogP contribution in [0, 0.1) is 0 Å². The number of alkyl carbamates (subject to hydrolysis) is 1. The lowest BCUT2D eigenvalue weighted by Gasteiger charge is -2.19. The first-order valence-electron chi connectivity index (χ1n) is 7.57. The van der Waals surface area contributed by atoms with E-state index in [1.165, 1.54) is 32.4 Å². The number of esters is 2. The molecule has 0 heterocycles. The summed E-state index contributed by atoms with van der Waals surface area (Å²) in [6.07, 6.45) is -0.560. The molecule has 0 aliphatic carbocycles. The molecule has 1 N–H and O–H groups in total. The van der Waals surface area contributed by atoms with E-state index in [1.807, 2.05) is 0 Å². The fourth-order valence-electron chi connectivity index (χ4n) is 1.79. The van der Waals surface area contributed by atoms with Gasteiger partial charge in [-0.3, -0.25) is 0 Å². The van der Waals surface area contributed by atoms with Crippen molar-refractivity contribution < 1.29 is 33.3 Å². The van der Waals surface area contributed by atoms with Crippen LogP contribution in [0.4, 0.5) is 4.79 Å². The van der Waals surface area contributed by atoms with Gasteiger partial charge < -0.3 is 24.3 Å². The van der Waals surface area contributed by atoms with Gasteiger partial charge in [-0.15, -0.1) is 0 Å². The average Bonchev–Trinajstić information content (AvgIpc) is 2.55. The Hall–Kier alpha value is -2.77. The van der Waals surface area contributed by atoms with Gasteiger partial charge in [0.05, 0.1) is 31.9 Å². The number of nitrogens with one attached hydrogen (secondary N) is 1. The van der Waals surface area contributed by atoms with Crippen LogP contribution < -0.4 is 10.1 Å². The van der Waals surface area contributed by atoms with Crippen LogP contribution in [-0.2, 0) is 14.2 Å². The third-order valence-corrected chi connectivity index (χ3v) is 2.79. The highest BCUT2D eigenvalue weighted by Crippen LogP contribution is 2.19. The first-order chi connectivity index (χ1) is 11.7. The van der Waals surface area contributed by atoms with Gasteiger partial charge in [0.15, 0.2) is 0 Å². The molecule has 1 aromatic carbocycles. The quantitative estimate of drug-likeness (QED) is 0.475. The first-order valence-corrected chi connectivity index (χ1v) is 7.57. The Kier molecular flexibility index (Phi) is 7.22. The topological polar surface area (TPSA) is 100 Å². The second kappa shape index (κ2) is 8.91. The second-order valence-electron chi connectivity index (χ2n) is 6.01. The van der Waals surface area contributed by atoms with Gasteiger partial charge in [0.2, 0.25) is 0 Å². The fourth-order valence-corrected chi connectivity index (χ4v) is 1.79. The number of ether oxygens (including phenoxy) is 4. The minimum absolute atomic E-state index is 0.116. The molecule has 1 amide bonds. The summed E-state index contributed by atoms with van der Waals surface area (Å²) in [6.45, 7) is 5.58. The molecule has 1 aromatic rings. The standard InChI is InChI=1S/C17H23NO7/c1-17(2,3)25-16(21)18-6-7-24-13-9-11(14(19)22-4)8-12(10-13)15(20)23-5/h8-10H,6-7H2,1-5H3,(H,18,21). The molecular formula is C17H23NO7. The highest BCUT2D eigenvalue weighted by atomic mass is 16.6. The van der Waals surface area contributed by atoms with Gasteiger partial charge in [0, 0.05) is 0 Å². The van der Waals surface area contributed by atoms with Crippen LogP contribution in [0.2, 0.25) is 0 Å². The molecule has 0 atom stereocenters. The van der Waals surface area contributed by atoms with Crippen molar-refractivity contribution in [3.63, 3.8) is 0 Å². The second-order valence-corrected chi connectivity index (χ2v) is 6.01. The molecule has 8 heteroatoms. The molecule has 0 saturated carbocycles. The van der Waals surface area contributed by atoms with Gasteiger partial charge in [-0.2, -0.15) is 0 Å². The van der Waals surface area contributed by atoms with E-state index in [-0.39, 0.29) is 30.0 Å². The average molecular weight is 353 g/mol. The van der Waals surface area contributed by atoms with Crippen molar-refractivity contribution in [2.24, 2.45) is 0 Å². The van der Waals surface area contributed by atoms with Crippen LogP contribution in [0.15, 0.2) is 18.2 Å². The van der Waals surface area contributed by atoms with E-state index in [0.717, 1.165) is 0 Å². The van der Waals surface area contributed by atoms with Gasteiger partial charge in [0.1, 0.15) is 18.0 Å². The molecule has 0 aliphatic heterocycles. The van der Waals surface area contributed by atoms with Crippen molar-refractivity contribution in [2.75, 3.05) is 27.4 Å². The highest BCUT2D eigenvalue weighted by molar-refractivity contribution is 5.96. The Balaban J connectivity index is 2.70. The van der Waals surface area contributed by atoms with Crippen molar-refractivity contribution in [3.8, 4) is 5.75 Å². The molecule has 25 heavy (non-hydrogen) atoms. The Morgan fingerprint density at radius 2 is 1.48 bits per heavy atom. The summed E-state index contributed by atoms with van der Waals surface area (Å²) >= 11 is 0. The summed E-state index contributed by atoms with van der Waals surface area (Å²) < 4.78 is 19.8. The van der Waals surface area contributed by atoms with Gasteiger partial charge >= 0.3 is 18.0 Å². The molecule has 0 aliphatic rings. The van der Waals surface area contributed by atoms with Crippen LogP contribution in [0.3, 0.4) is 0 Å². The zero-order valence-electron chi connectivity index (χ0n) is 15.0. The lowest BCUT2D eigenvalue weighted by Crippen LogP contribution is -2.34. The minimum Gasteiger partial charge on any atom is -0.492 e. The van der Waals surface area contributed by atoms with Gasteiger partial charge in [-0.25, -0.2) is 14.4 Å². The molecule has 0 spiro atoms. The van der Waals surface area contributed by atoms with Crippen LogP contribution in [0.1, 0.15) is 41.5 Å². The summed E-state index contributed by atoms with van der Waals surface area (Å²) in [7, 11) is 2.47. The molecular weight excluding hydrogens is 330 g/mol. The molecule has 0 bridgehead atoms. The largest absolute Gasteiger partial charge is 0.492 e. The SMILES string of the molecule is COC(=O)c1cc(OCCNC(=O)OC(C)(C)C)cc(C(=O)OC)c1. The van der Waals surface area contributed by atoms with Gasteiger partial charge in [-0.05, 0) is 39.0 Å².